The van der Waals surface area contributed by atoms with Crippen LogP contribution in [0.5, 0.6) is 0 Å². The fourth-order valence-corrected chi connectivity index (χ4v) is 2.99. The lowest BCUT2D eigenvalue weighted by atomic mass is 10.1. The SMILES string of the molecule is CC(=O)N[C@@H]1CCCN(C(=O)Nc2nnc(C(C)C)s2)C1. The first-order chi connectivity index (χ1) is 9.95. The van der Waals surface area contributed by atoms with E-state index < -0.39 is 0 Å². The standard InChI is InChI=1S/C13H21N5O2S/c1-8(2)11-16-17-12(21-11)15-13(20)18-6-4-5-10(7-18)14-9(3)19/h8,10H,4-7H2,1-3H3,(H,14,19)(H,15,17,20)/t10-/m1/s1. The van der Waals surface area contributed by atoms with Gasteiger partial charge >= 0.3 is 6.03 Å². The molecule has 1 aliphatic rings. The van der Waals surface area contributed by atoms with Gasteiger partial charge in [-0.15, -0.1) is 10.2 Å². The zero-order chi connectivity index (χ0) is 15.4. The number of nitrogens with zero attached hydrogens (tertiary/aromatic N) is 3. The Labute approximate surface area is 128 Å². The molecule has 0 aromatic carbocycles. The van der Waals surface area contributed by atoms with E-state index in [0.717, 1.165) is 17.8 Å². The van der Waals surface area contributed by atoms with E-state index in [4.69, 9.17) is 0 Å². The van der Waals surface area contributed by atoms with Crippen LogP contribution in [0.15, 0.2) is 0 Å². The van der Waals surface area contributed by atoms with Gasteiger partial charge in [0.2, 0.25) is 11.0 Å². The summed E-state index contributed by atoms with van der Waals surface area (Å²) in [7, 11) is 0. The second-order valence-electron chi connectivity index (χ2n) is 5.52. The minimum absolute atomic E-state index is 0.0302. The van der Waals surface area contributed by atoms with Gasteiger partial charge in [-0.3, -0.25) is 10.1 Å². The number of hydrogen-bond acceptors (Lipinski definition) is 5. The molecule has 1 atom stereocenters. The van der Waals surface area contributed by atoms with Crippen LogP contribution in [0.2, 0.25) is 0 Å². The molecule has 8 heteroatoms. The second-order valence-corrected chi connectivity index (χ2v) is 6.53. The van der Waals surface area contributed by atoms with Gasteiger partial charge in [0.25, 0.3) is 0 Å². The van der Waals surface area contributed by atoms with Gasteiger partial charge < -0.3 is 10.2 Å². The molecule has 0 bridgehead atoms. The zero-order valence-corrected chi connectivity index (χ0v) is 13.4. The van der Waals surface area contributed by atoms with Crippen LogP contribution in [0.1, 0.15) is 44.5 Å². The van der Waals surface area contributed by atoms with Crippen molar-refractivity contribution in [2.24, 2.45) is 0 Å². The predicted octanol–water partition coefficient (Wildman–Crippen LogP) is 1.79. The van der Waals surface area contributed by atoms with E-state index in [0.29, 0.717) is 24.1 Å². The summed E-state index contributed by atoms with van der Waals surface area (Å²) in [5.74, 6) is 0.236. The van der Waals surface area contributed by atoms with Crippen molar-refractivity contribution >= 4 is 28.4 Å². The largest absolute Gasteiger partial charge is 0.352 e. The maximum Gasteiger partial charge on any atom is 0.323 e. The fourth-order valence-electron chi connectivity index (χ4n) is 2.26. The number of nitrogens with one attached hydrogen (secondary N) is 2. The molecule has 2 rings (SSSR count). The average molecular weight is 311 g/mol. The molecular formula is C13H21N5O2S. The van der Waals surface area contributed by atoms with Gasteiger partial charge in [0.1, 0.15) is 5.01 Å². The number of urea groups is 1. The molecule has 2 N–H and O–H groups in total. The number of hydrogen-bond donors (Lipinski definition) is 2. The summed E-state index contributed by atoms with van der Waals surface area (Å²) in [6, 6.07) is -0.154. The highest BCUT2D eigenvalue weighted by molar-refractivity contribution is 7.15. The van der Waals surface area contributed by atoms with Crippen molar-refractivity contribution in [1.82, 2.24) is 20.4 Å². The smallest absolute Gasteiger partial charge is 0.323 e. The Kier molecular flexibility index (Phi) is 5.11. The van der Waals surface area contributed by atoms with Crippen molar-refractivity contribution < 1.29 is 9.59 Å². The van der Waals surface area contributed by atoms with E-state index in [1.807, 2.05) is 13.8 Å². The first-order valence-corrected chi connectivity index (χ1v) is 7.93. The van der Waals surface area contributed by atoms with E-state index >= 15 is 0 Å². The molecule has 2 heterocycles. The van der Waals surface area contributed by atoms with E-state index in [9.17, 15) is 9.59 Å². The van der Waals surface area contributed by atoms with Crippen LogP contribution in [0.4, 0.5) is 9.93 Å². The zero-order valence-electron chi connectivity index (χ0n) is 12.5. The third-order valence-electron chi connectivity index (χ3n) is 3.26. The Morgan fingerprint density at radius 1 is 1.38 bits per heavy atom. The van der Waals surface area contributed by atoms with E-state index in [1.165, 1.54) is 18.3 Å². The van der Waals surface area contributed by atoms with Gasteiger partial charge in [0, 0.05) is 32.0 Å². The van der Waals surface area contributed by atoms with Gasteiger partial charge in [-0.1, -0.05) is 25.2 Å². The lowest BCUT2D eigenvalue weighted by Crippen LogP contribution is -2.50. The van der Waals surface area contributed by atoms with Gasteiger partial charge in [0.05, 0.1) is 0 Å². The van der Waals surface area contributed by atoms with Crippen LogP contribution in [-0.4, -0.2) is 46.2 Å². The van der Waals surface area contributed by atoms with Crippen LogP contribution in [0, 0.1) is 0 Å². The summed E-state index contributed by atoms with van der Waals surface area (Å²) in [6.45, 7) is 6.79. The summed E-state index contributed by atoms with van der Waals surface area (Å²) in [6.07, 6.45) is 1.78. The second kappa shape index (κ2) is 6.84. The molecule has 3 amide bonds. The van der Waals surface area contributed by atoms with Crippen molar-refractivity contribution in [3.05, 3.63) is 5.01 Å². The monoisotopic (exact) mass is 311 g/mol. The summed E-state index contributed by atoms with van der Waals surface area (Å²) in [5, 5.41) is 15.1. The normalized spacial score (nSPS) is 18.7. The molecule has 1 aliphatic heterocycles. The quantitative estimate of drug-likeness (QED) is 0.891. The van der Waals surface area contributed by atoms with Gasteiger partial charge in [0.15, 0.2) is 0 Å². The molecule has 0 aliphatic carbocycles. The van der Waals surface area contributed by atoms with Gasteiger partial charge in [-0.05, 0) is 12.8 Å². The highest BCUT2D eigenvalue weighted by Gasteiger charge is 2.24. The molecule has 1 saturated heterocycles. The molecule has 0 unspecified atom stereocenters. The van der Waals surface area contributed by atoms with Crippen molar-refractivity contribution in [2.45, 2.75) is 45.6 Å². The summed E-state index contributed by atoms with van der Waals surface area (Å²) in [5.41, 5.74) is 0. The van der Waals surface area contributed by atoms with Crippen molar-refractivity contribution in [3.63, 3.8) is 0 Å². The summed E-state index contributed by atoms with van der Waals surface area (Å²) in [4.78, 5) is 25.0. The molecule has 1 aromatic heterocycles. The molecule has 0 radical (unpaired) electrons. The highest BCUT2D eigenvalue weighted by atomic mass is 32.1. The van der Waals surface area contributed by atoms with Crippen LogP contribution >= 0.6 is 11.3 Å². The number of piperidine rings is 1. The number of anilines is 1. The number of carbonyl (C=O) groups excluding carboxylic acids is 2. The third kappa shape index (κ3) is 4.38. The lowest BCUT2D eigenvalue weighted by molar-refractivity contribution is -0.119. The molecular weight excluding hydrogens is 290 g/mol. The lowest BCUT2D eigenvalue weighted by Gasteiger charge is -2.32. The number of amides is 3. The minimum Gasteiger partial charge on any atom is -0.352 e. The average Bonchev–Trinajstić information content (AvgIpc) is 2.87. The molecule has 21 heavy (non-hydrogen) atoms. The number of carbonyl (C=O) groups is 2. The molecule has 7 nitrogen and oxygen atoms in total. The Bertz CT molecular complexity index is 516. The van der Waals surface area contributed by atoms with Crippen LogP contribution in [0.25, 0.3) is 0 Å². The van der Waals surface area contributed by atoms with Crippen LogP contribution < -0.4 is 10.6 Å². The van der Waals surface area contributed by atoms with Crippen molar-refractivity contribution in [2.75, 3.05) is 18.4 Å². The molecule has 0 saturated carbocycles. The minimum atomic E-state index is -0.184. The van der Waals surface area contributed by atoms with Crippen LogP contribution in [0.3, 0.4) is 0 Å². The van der Waals surface area contributed by atoms with Crippen molar-refractivity contribution in [1.29, 1.82) is 0 Å². The Morgan fingerprint density at radius 2 is 2.14 bits per heavy atom. The Hall–Kier alpha value is -1.70. The summed E-state index contributed by atoms with van der Waals surface area (Å²) < 4.78 is 0. The molecule has 116 valence electrons. The first kappa shape index (κ1) is 15.7. The third-order valence-corrected chi connectivity index (χ3v) is 4.40. The Morgan fingerprint density at radius 3 is 2.76 bits per heavy atom. The van der Waals surface area contributed by atoms with Gasteiger partial charge in [-0.25, -0.2) is 4.79 Å². The van der Waals surface area contributed by atoms with Crippen LogP contribution in [-0.2, 0) is 4.79 Å². The fraction of sp³-hybridized carbons (Fsp3) is 0.692. The Balaban J connectivity index is 1.91. The van der Waals surface area contributed by atoms with E-state index in [1.54, 1.807) is 4.90 Å². The molecule has 1 fully saturated rings. The van der Waals surface area contributed by atoms with Gasteiger partial charge in [-0.2, -0.15) is 0 Å². The predicted molar refractivity (Wildman–Crippen MR) is 81.4 cm³/mol. The molecule has 1 aromatic rings. The first-order valence-electron chi connectivity index (χ1n) is 7.12. The van der Waals surface area contributed by atoms with Crippen molar-refractivity contribution in [3.8, 4) is 0 Å². The van der Waals surface area contributed by atoms with E-state index in [-0.39, 0.29) is 18.0 Å². The number of rotatable bonds is 3. The highest BCUT2D eigenvalue weighted by Crippen LogP contribution is 2.23. The van der Waals surface area contributed by atoms with E-state index in [2.05, 4.69) is 20.8 Å². The number of aromatic nitrogens is 2. The number of likely N-dealkylation sites (tertiary alicyclic amines) is 1. The topological polar surface area (TPSA) is 87.2 Å². The maximum atomic E-state index is 12.2. The maximum absolute atomic E-state index is 12.2. The molecule has 0 spiro atoms. The summed E-state index contributed by atoms with van der Waals surface area (Å²) >= 11 is 1.39.